The number of para-hydroxylation sites is 2. The Hall–Kier alpha value is -3.50. The van der Waals surface area contributed by atoms with Gasteiger partial charge in [0.05, 0.1) is 11.6 Å². The molecule has 2 atom stereocenters. The van der Waals surface area contributed by atoms with Crippen LogP contribution in [0.3, 0.4) is 0 Å². The fourth-order valence-corrected chi connectivity index (χ4v) is 3.52. The number of fused-ring (bicyclic) bond motifs is 1. The minimum Gasteiger partial charge on any atom is -0.356 e. The third kappa shape index (κ3) is 3.75. The number of nitrogens with one attached hydrogen (secondary N) is 1. The first-order valence-electron chi connectivity index (χ1n) is 9.57. The van der Waals surface area contributed by atoms with Gasteiger partial charge in [0.1, 0.15) is 5.69 Å². The molecule has 1 N–H and O–H groups in total. The summed E-state index contributed by atoms with van der Waals surface area (Å²) in [6.07, 6.45) is 2.56. The lowest BCUT2D eigenvalue weighted by atomic mass is 10.00. The molecule has 29 heavy (non-hydrogen) atoms. The van der Waals surface area contributed by atoms with Gasteiger partial charge in [0.25, 0.3) is 0 Å². The van der Waals surface area contributed by atoms with Crippen LogP contribution in [0.25, 0.3) is 10.9 Å². The van der Waals surface area contributed by atoms with Crippen LogP contribution in [-0.2, 0) is 9.53 Å². The fourth-order valence-electron chi connectivity index (χ4n) is 3.52. The lowest BCUT2D eigenvalue weighted by Crippen LogP contribution is -2.29. The summed E-state index contributed by atoms with van der Waals surface area (Å²) < 4.78 is 7.52. The SMILES string of the molecule is N#CC(C(=O)Nc1ccccc1)C(=O)c1nn(C2CCCCO2)c2ccccc12. The molecule has 146 valence electrons. The van der Waals surface area contributed by atoms with Crippen LogP contribution in [-0.4, -0.2) is 28.1 Å². The highest BCUT2D eigenvalue weighted by atomic mass is 16.5. The van der Waals surface area contributed by atoms with Crippen LogP contribution in [0.2, 0.25) is 0 Å². The predicted octanol–water partition coefficient (Wildman–Crippen LogP) is 3.70. The number of ketones is 1. The number of carbonyl (C=O) groups excluding carboxylic acids is 2. The molecule has 1 saturated heterocycles. The van der Waals surface area contributed by atoms with E-state index >= 15 is 0 Å². The lowest BCUT2D eigenvalue weighted by Gasteiger charge is -2.23. The van der Waals surface area contributed by atoms with Crippen molar-refractivity contribution >= 4 is 28.3 Å². The summed E-state index contributed by atoms with van der Waals surface area (Å²) in [5, 5.41) is 17.3. The summed E-state index contributed by atoms with van der Waals surface area (Å²) in [4.78, 5) is 25.7. The number of ether oxygens (including phenoxy) is 1. The van der Waals surface area contributed by atoms with Gasteiger partial charge in [-0.05, 0) is 37.5 Å². The molecule has 3 aromatic rings. The molecular weight excluding hydrogens is 368 g/mol. The van der Waals surface area contributed by atoms with Crippen LogP contribution >= 0.6 is 0 Å². The lowest BCUT2D eigenvalue weighted by molar-refractivity contribution is -0.117. The molecule has 4 rings (SSSR count). The van der Waals surface area contributed by atoms with Crippen LogP contribution in [0.15, 0.2) is 54.6 Å². The van der Waals surface area contributed by atoms with Gasteiger partial charge in [0.2, 0.25) is 11.7 Å². The molecule has 0 aliphatic carbocycles. The highest BCUT2D eigenvalue weighted by molar-refractivity contribution is 6.18. The topological polar surface area (TPSA) is 97.0 Å². The molecule has 1 aliphatic heterocycles. The van der Waals surface area contributed by atoms with E-state index in [4.69, 9.17) is 4.74 Å². The van der Waals surface area contributed by atoms with Crippen molar-refractivity contribution in [2.75, 3.05) is 11.9 Å². The normalized spacial score (nSPS) is 17.4. The Morgan fingerprint density at radius 1 is 1.14 bits per heavy atom. The average Bonchev–Trinajstić information content (AvgIpc) is 3.15. The molecule has 0 bridgehead atoms. The van der Waals surface area contributed by atoms with Crippen molar-refractivity contribution in [3.8, 4) is 6.07 Å². The van der Waals surface area contributed by atoms with E-state index in [0.29, 0.717) is 17.7 Å². The number of anilines is 1. The number of Topliss-reactive ketones (excluding diaryl/α,β-unsaturated/α-hetero) is 1. The van der Waals surface area contributed by atoms with Crippen molar-refractivity contribution in [2.24, 2.45) is 5.92 Å². The molecule has 1 aromatic heterocycles. The number of nitriles is 1. The minimum absolute atomic E-state index is 0.115. The number of hydrogen-bond acceptors (Lipinski definition) is 5. The smallest absolute Gasteiger partial charge is 0.249 e. The maximum absolute atomic E-state index is 13.1. The third-order valence-corrected chi connectivity index (χ3v) is 4.97. The molecule has 0 saturated carbocycles. The van der Waals surface area contributed by atoms with Gasteiger partial charge in [-0.25, -0.2) is 4.68 Å². The number of nitrogens with zero attached hydrogens (tertiary/aromatic N) is 3. The van der Waals surface area contributed by atoms with Gasteiger partial charge in [-0.1, -0.05) is 36.4 Å². The van der Waals surface area contributed by atoms with Crippen molar-refractivity contribution in [3.05, 3.63) is 60.3 Å². The molecule has 2 unspecified atom stereocenters. The van der Waals surface area contributed by atoms with Crippen LogP contribution in [0.5, 0.6) is 0 Å². The summed E-state index contributed by atoms with van der Waals surface area (Å²) in [6.45, 7) is 0.641. The highest BCUT2D eigenvalue weighted by Crippen LogP contribution is 2.29. The number of aromatic nitrogens is 2. The second kappa shape index (κ2) is 8.25. The summed E-state index contributed by atoms with van der Waals surface area (Å²) in [5.41, 5.74) is 1.39. The quantitative estimate of drug-likeness (QED) is 0.531. The number of benzene rings is 2. The molecule has 0 spiro atoms. The maximum atomic E-state index is 13.1. The van der Waals surface area contributed by atoms with Crippen LogP contribution in [0, 0.1) is 17.2 Å². The summed E-state index contributed by atoms with van der Waals surface area (Å²) in [6, 6.07) is 17.9. The average molecular weight is 388 g/mol. The predicted molar refractivity (Wildman–Crippen MR) is 107 cm³/mol. The third-order valence-electron chi connectivity index (χ3n) is 4.97. The highest BCUT2D eigenvalue weighted by Gasteiger charge is 2.32. The standard InChI is InChI=1S/C22H20N4O3/c23-14-17(22(28)24-15-8-2-1-3-9-15)21(27)20-16-10-4-5-11-18(16)26(25-20)19-12-6-7-13-29-19/h1-5,8-11,17,19H,6-7,12-13H2,(H,24,28). The van der Waals surface area contributed by atoms with E-state index in [1.165, 1.54) is 0 Å². The van der Waals surface area contributed by atoms with E-state index in [2.05, 4.69) is 10.4 Å². The summed E-state index contributed by atoms with van der Waals surface area (Å²) in [7, 11) is 0. The Balaban J connectivity index is 1.66. The van der Waals surface area contributed by atoms with Gasteiger partial charge in [0, 0.05) is 17.7 Å². The summed E-state index contributed by atoms with van der Waals surface area (Å²) in [5.74, 6) is -2.78. The number of rotatable bonds is 5. The molecule has 1 aliphatic rings. The number of carbonyl (C=O) groups is 2. The Bertz CT molecular complexity index is 1080. The Labute approximate surface area is 167 Å². The van der Waals surface area contributed by atoms with Crippen LogP contribution in [0.1, 0.15) is 36.0 Å². The van der Waals surface area contributed by atoms with Crippen molar-refractivity contribution in [2.45, 2.75) is 25.5 Å². The monoisotopic (exact) mass is 388 g/mol. The van der Waals surface area contributed by atoms with Gasteiger partial charge in [-0.2, -0.15) is 10.4 Å². The molecule has 7 heteroatoms. The molecule has 0 radical (unpaired) electrons. The van der Waals surface area contributed by atoms with Crippen molar-refractivity contribution in [3.63, 3.8) is 0 Å². The fraction of sp³-hybridized carbons (Fsp3) is 0.273. The Kier molecular flexibility index (Phi) is 5.36. The van der Waals surface area contributed by atoms with Crippen LogP contribution in [0.4, 0.5) is 5.69 Å². The molecule has 7 nitrogen and oxygen atoms in total. The number of hydrogen-bond donors (Lipinski definition) is 1. The van der Waals surface area contributed by atoms with Gasteiger partial charge in [-0.3, -0.25) is 9.59 Å². The summed E-state index contributed by atoms with van der Waals surface area (Å²) >= 11 is 0. The van der Waals surface area contributed by atoms with Gasteiger partial charge >= 0.3 is 0 Å². The van der Waals surface area contributed by atoms with E-state index in [1.54, 1.807) is 41.1 Å². The van der Waals surface area contributed by atoms with Gasteiger partial charge in [-0.15, -0.1) is 0 Å². The van der Waals surface area contributed by atoms with E-state index < -0.39 is 17.6 Å². The van der Waals surface area contributed by atoms with Crippen LogP contribution < -0.4 is 5.32 Å². The molecular formula is C22H20N4O3. The van der Waals surface area contributed by atoms with Crippen molar-refractivity contribution < 1.29 is 14.3 Å². The van der Waals surface area contributed by atoms with E-state index in [9.17, 15) is 14.9 Å². The first kappa shape index (κ1) is 18.8. The largest absolute Gasteiger partial charge is 0.356 e. The molecule has 2 aromatic carbocycles. The van der Waals surface area contributed by atoms with Gasteiger partial charge < -0.3 is 10.1 Å². The second-order valence-electron chi connectivity index (χ2n) is 6.91. The van der Waals surface area contributed by atoms with Crippen molar-refractivity contribution in [1.29, 1.82) is 5.26 Å². The van der Waals surface area contributed by atoms with E-state index in [1.807, 2.05) is 24.3 Å². The van der Waals surface area contributed by atoms with Crippen molar-refractivity contribution in [1.82, 2.24) is 9.78 Å². The Morgan fingerprint density at radius 3 is 2.62 bits per heavy atom. The van der Waals surface area contributed by atoms with Gasteiger partial charge in [0.15, 0.2) is 12.1 Å². The zero-order valence-corrected chi connectivity index (χ0v) is 15.7. The van der Waals surface area contributed by atoms with E-state index in [-0.39, 0.29) is 11.9 Å². The molecule has 2 heterocycles. The minimum atomic E-state index is -1.49. The molecule has 1 amide bonds. The zero-order chi connectivity index (χ0) is 20.2. The van der Waals surface area contributed by atoms with E-state index in [0.717, 1.165) is 24.8 Å². The zero-order valence-electron chi connectivity index (χ0n) is 15.7. The second-order valence-corrected chi connectivity index (χ2v) is 6.91. The maximum Gasteiger partial charge on any atom is 0.249 e. The molecule has 1 fully saturated rings. The Morgan fingerprint density at radius 2 is 1.90 bits per heavy atom. The first-order valence-corrected chi connectivity index (χ1v) is 9.57. The number of amides is 1. The first-order chi connectivity index (χ1) is 14.2.